The van der Waals surface area contributed by atoms with Gasteiger partial charge in [0.2, 0.25) is 0 Å². The van der Waals surface area contributed by atoms with Gasteiger partial charge in [-0.1, -0.05) is 31.5 Å². The van der Waals surface area contributed by atoms with Crippen LogP contribution >= 0.6 is 0 Å². The van der Waals surface area contributed by atoms with Gasteiger partial charge in [0.1, 0.15) is 5.75 Å². The molecule has 1 saturated carbocycles. The van der Waals surface area contributed by atoms with Crippen LogP contribution in [0, 0.1) is 11.8 Å². The minimum absolute atomic E-state index is 0.248. The second-order valence-corrected chi connectivity index (χ2v) is 6.32. The Hall–Kier alpha value is -1.06. The summed E-state index contributed by atoms with van der Waals surface area (Å²) in [6.45, 7) is 3.06. The van der Waals surface area contributed by atoms with Crippen molar-refractivity contribution in [3.63, 3.8) is 0 Å². The van der Waals surface area contributed by atoms with Crippen molar-refractivity contribution in [1.82, 2.24) is 4.90 Å². The zero-order valence-electron chi connectivity index (χ0n) is 13.1. The van der Waals surface area contributed by atoms with Crippen LogP contribution in [-0.2, 0) is 5.60 Å². The maximum Gasteiger partial charge on any atom is 0.124 e. The van der Waals surface area contributed by atoms with Gasteiger partial charge in [0.05, 0.1) is 12.7 Å². The second kappa shape index (κ2) is 6.15. The van der Waals surface area contributed by atoms with Crippen molar-refractivity contribution < 1.29 is 9.84 Å². The summed E-state index contributed by atoms with van der Waals surface area (Å²) in [7, 11) is 5.82. The molecule has 0 radical (unpaired) electrons. The zero-order chi connectivity index (χ0) is 14.8. The van der Waals surface area contributed by atoms with Gasteiger partial charge in [-0.25, -0.2) is 0 Å². The van der Waals surface area contributed by atoms with Crippen molar-refractivity contribution in [3.05, 3.63) is 29.8 Å². The Labute approximate surface area is 122 Å². The quantitative estimate of drug-likeness (QED) is 0.918. The summed E-state index contributed by atoms with van der Waals surface area (Å²) in [5.74, 6) is 1.29. The van der Waals surface area contributed by atoms with Crippen LogP contribution in [0.4, 0.5) is 0 Å². The van der Waals surface area contributed by atoms with Gasteiger partial charge in [0, 0.05) is 18.0 Å². The van der Waals surface area contributed by atoms with E-state index in [4.69, 9.17) is 4.74 Å². The number of hydrogen-bond donors (Lipinski definition) is 1. The minimum atomic E-state index is -0.797. The number of hydrogen-bond acceptors (Lipinski definition) is 3. The molecule has 0 saturated heterocycles. The average Bonchev–Trinajstić information content (AvgIpc) is 2.43. The van der Waals surface area contributed by atoms with Crippen molar-refractivity contribution in [2.24, 2.45) is 11.8 Å². The van der Waals surface area contributed by atoms with Crippen molar-refractivity contribution in [1.29, 1.82) is 0 Å². The predicted octanol–water partition coefficient (Wildman–Crippen LogP) is 2.88. The van der Waals surface area contributed by atoms with Crippen molar-refractivity contribution >= 4 is 0 Å². The highest BCUT2D eigenvalue weighted by Gasteiger charge is 2.46. The first-order valence-electron chi connectivity index (χ1n) is 7.50. The SMILES string of the molecule is COc1ccccc1C1(O)C(C)CCCC1CN(C)C. The lowest BCUT2D eigenvalue weighted by atomic mass is 9.65. The fraction of sp³-hybridized carbons (Fsp3) is 0.647. The van der Waals surface area contributed by atoms with Gasteiger partial charge in [-0.15, -0.1) is 0 Å². The van der Waals surface area contributed by atoms with Gasteiger partial charge >= 0.3 is 0 Å². The fourth-order valence-electron chi connectivity index (χ4n) is 3.65. The summed E-state index contributed by atoms with van der Waals surface area (Å²) >= 11 is 0. The van der Waals surface area contributed by atoms with Crippen molar-refractivity contribution in [2.45, 2.75) is 31.8 Å². The molecule has 0 heterocycles. The molecule has 0 aliphatic heterocycles. The Morgan fingerprint density at radius 2 is 2.00 bits per heavy atom. The van der Waals surface area contributed by atoms with Gasteiger partial charge in [-0.05, 0) is 38.9 Å². The molecule has 0 spiro atoms. The van der Waals surface area contributed by atoms with Crippen LogP contribution in [0.25, 0.3) is 0 Å². The molecule has 1 aromatic carbocycles. The summed E-state index contributed by atoms with van der Waals surface area (Å²) in [6.07, 6.45) is 3.33. The Balaban J connectivity index is 2.44. The third kappa shape index (κ3) is 2.70. The summed E-state index contributed by atoms with van der Waals surface area (Å²) < 4.78 is 5.49. The van der Waals surface area contributed by atoms with Gasteiger partial charge in [0.25, 0.3) is 0 Å². The molecule has 1 fully saturated rings. The molecule has 3 atom stereocenters. The van der Waals surface area contributed by atoms with Gasteiger partial charge in [-0.2, -0.15) is 0 Å². The Morgan fingerprint density at radius 3 is 2.65 bits per heavy atom. The Kier molecular flexibility index (Phi) is 4.71. The first-order chi connectivity index (χ1) is 9.50. The van der Waals surface area contributed by atoms with Crippen molar-refractivity contribution in [3.8, 4) is 5.75 Å². The summed E-state index contributed by atoms with van der Waals surface area (Å²) in [6, 6.07) is 7.91. The van der Waals surface area contributed by atoms with Crippen molar-refractivity contribution in [2.75, 3.05) is 27.7 Å². The van der Waals surface area contributed by atoms with E-state index in [0.29, 0.717) is 0 Å². The maximum absolute atomic E-state index is 11.5. The summed E-state index contributed by atoms with van der Waals surface area (Å²) in [5, 5.41) is 11.5. The molecule has 0 amide bonds. The van der Waals surface area contributed by atoms with Crippen LogP contribution in [0.15, 0.2) is 24.3 Å². The van der Waals surface area contributed by atoms with E-state index in [1.807, 2.05) is 24.3 Å². The molecule has 1 N–H and O–H groups in total. The third-order valence-corrected chi connectivity index (χ3v) is 4.69. The molecule has 0 aromatic heterocycles. The molecule has 3 unspecified atom stereocenters. The number of nitrogens with zero attached hydrogens (tertiary/aromatic N) is 1. The first kappa shape index (κ1) is 15.3. The van der Waals surface area contributed by atoms with E-state index >= 15 is 0 Å². The molecule has 2 rings (SSSR count). The van der Waals surface area contributed by atoms with Crippen LogP contribution in [0.5, 0.6) is 5.75 Å². The van der Waals surface area contributed by atoms with E-state index < -0.39 is 5.60 Å². The molecule has 1 aromatic rings. The zero-order valence-corrected chi connectivity index (χ0v) is 13.1. The molecular formula is C17H27NO2. The van der Waals surface area contributed by atoms with Crippen LogP contribution in [0.3, 0.4) is 0 Å². The normalized spacial score (nSPS) is 30.5. The molecular weight excluding hydrogens is 250 g/mol. The van der Waals surface area contributed by atoms with E-state index in [0.717, 1.165) is 30.7 Å². The molecule has 1 aliphatic rings. The minimum Gasteiger partial charge on any atom is -0.496 e. The summed E-state index contributed by atoms with van der Waals surface area (Å²) in [4.78, 5) is 2.17. The van der Waals surface area contributed by atoms with Crippen LogP contribution < -0.4 is 4.74 Å². The van der Waals surface area contributed by atoms with Gasteiger partial charge in [-0.3, -0.25) is 0 Å². The Morgan fingerprint density at radius 1 is 1.30 bits per heavy atom. The molecule has 1 aliphatic carbocycles. The number of rotatable bonds is 4. The largest absolute Gasteiger partial charge is 0.496 e. The maximum atomic E-state index is 11.5. The fourth-order valence-corrected chi connectivity index (χ4v) is 3.65. The highest BCUT2D eigenvalue weighted by atomic mass is 16.5. The molecule has 20 heavy (non-hydrogen) atoms. The predicted molar refractivity (Wildman–Crippen MR) is 81.9 cm³/mol. The monoisotopic (exact) mass is 277 g/mol. The number of aliphatic hydroxyl groups is 1. The third-order valence-electron chi connectivity index (χ3n) is 4.69. The average molecular weight is 277 g/mol. The topological polar surface area (TPSA) is 32.7 Å². The lowest BCUT2D eigenvalue weighted by Crippen LogP contribution is -2.48. The molecule has 0 bridgehead atoms. The van der Waals surface area contributed by atoms with E-state index in [9.17, 15) is 5.11 Å². The summed E-state index contributed by atoms with van der Waals surface area (Å²) in [5.41, 5.74) is 0.149. The van der Waals surface area contributed by atoms with Gasteiger partial charge < -0.3 is 14.7 Å². The van der Waals surface area contributed by atoms with Crippen LogP contribution in [0.2, 0.25) is 0 Å². The standard InChI is InChI=1S/C17H27NO2/c1-13-8-7-9-14(12-18(2)3)17(13,19)15-10-5-6-11-16(15)20-4/h5-6,10-11,13-14,19H,7-9,12H2,1-4H3. The van der Waals surface area contributed by atoms with E-state index in [1.165, 1.54) is 6.42 Å². The number of ether oxygens (including phenoxy) is 1. The van der Waals surface area contributed by atoms with E-state index in [-0.39, 0.29) is 11.8 Å². The second-order valence-electron chi connectivity index (χ2n) is 6.32. The molecule has 3 heteroatoms. The lowest BCUT2D eigenvalue weighted by Gasteiger charge is -2.46. The Bertz CT molecular complexity index is 446. The van der Waals surface area contributed by atoms with Gasteiger partial charge in [0.15, 0.2) is 0 Å². The first-order valence-corrected chi connectivity index (χ1v) is 7.50. The number of methoxy groups -OCH3 is 1. The van der Waals surface area contributed by atoms with E-state index in [2.05, 4.69) is 25.9 Å². The number of benzene rings is 1. The lowest BCUT2D eigenvalue weighted by molar-refractivity contribution is -0.103. The van der Waals surface area contributed by atoms with Crippen LogP contribution in [-0.4, -0.2) is 37.8 Å². The molecule has 3 nitrogen and oxygen atoms in total. The smallest absolute Gasteiger partial charge is 0.124 e. The van der Waals surface area contributed by atoms with Crippen LogP contribution in [0.1, 0.15) is 31.7 Å². The highest BCUT2D eigenvalue weighted by molar-refractivity contribution is 5.39. The van der Waals surface area contributed by atoms with E-state index in [1.54, 1.807) is 7.11 Å². The number of para-hydroxylation sites is 1. The highest BCUT2D eigenvalue weighted by Crippen LogP contribution is 2.48. The molecule has 112 valence electrons.